The van der Waals surface area contributed by atoms with Crippen molar-refractivity contribution in [2.75, 3.05) is 16.9 Å². The summed E-state index contributed by atoms with van der Waals surface area (Å²) in [5.74, 6) is -8.91. The Bertz CT molecular complexity index is 2450. The van der Waals surface area contributed by atoms with Crippen molar-refractivity contribution in [3.63, 3.8) is 0 Å². The molecule has 6 atom stereocenters. The maximum absolute atomic E-state index is 15.4. The molecule has 4 aromatic rings. The number of nitrogens with one attached hydrogen (secondary N) is 1. The summed E-state index contributed by atoms with van der Waals surface area (Å²) in [6.07, 6.45) is -2.67. The minimum atomic E-state index is -4.79. The van der Waals surface area contributed by atoms with E-state index in [0.717, 1.165) is 4.90 Å². The number of imide groups is 2. The molecular weight excluding hydrogens is 806 g/mol. The highest BCUT2D eigenvalue weighted by Gasteiger charge is 2.71. The van der Waals surface area contributed by atoms with Crippen LogP contribution in [0.5, 0.6) is 11.5 Å². The van der Waals surface area contributed by atoms with Crippen LogP contribution in [0.3, 0.4) is 0 Å². The summed E-state index contributed by atoms with van der Waals surface area (Å²) in [4.78, 5) is 74.3. The number of para-hydroxylation sites is 1. The second kappa shape index (κ2) is 14.1. The highest BCUT2D eigenvalue weighted by Crippen LogP contribution is 2.65. The maximum Gasteiger partial charge on any atom is 0.417 e. The van der Waals surface area contributed by atoms with E-state index in [1.807, 2.05) is 0 Å². The van der Waals surface area contributed by atoms with Gasteiger partial charge in [0.1, 0.15) is 0 Å². The van der Waals surface area contributed by atoms with Gasteiger partial charge < -0.3 is 9.84 Å². The van der Waals surface area contributed by atoms with E-state index in [1.165, 1.54) is 42.5 Å². The third kappa shape index (κ3) is 5.87. The van der Waals surface area contributed by atoms with Gasteiger partial charge in [-0.05, 0) is 67.6 Å². The van der Waals surface area contributed by atoms with Gasteiger partial charge in [-0.25, -0.2) is 4.98 Å². The fourth-order valence-electron chi connectivity index (χ4n) is 9.15. The number of carbonyl (C=O) groups is 4. The number of non-ortho nitro benzene ring substituents is 1. The summed E-state index contributed by atoms with van der Waals surface area (Å²) in [5.41, 5.74) is 0.319. The number of alkyl halides is 3. The first-order chi connectivity index (χ1) is 27.6. The number of nitro benzene ring substituents is 1. The van der Waals surface area contributed by atoms with E-state index in [9.17, 15) is 42.8 Å². The number of rotatable bonds is 8. The van der Waals surface area contributed by atoms with E-state index in [1.54, 1.807) is 37.3 Å². The summed E-state index contributed by atoms with van der Waals surface area (Å²) in [6, 6.07) is 16.4. The molecule has 2 N–H and O–H groups in total. The van der Waals surface area contributed by atoms with E-state index in [4.69, 9.17) is 27.9 Å². The number of carbonyl (C=O) groups excluding carboxylic acids is 4. The molecule has 4 amide bonds. The van der Waals surface area contributed by atoms with Gasteiger partial charge in [0, 0.05) is 34.8 Å². The Kier molecular flexibility index (Phi) is 9.46. The van der Waals surface area contributed by atoms with Crippen molar-refractivity contribution < 1.29 is 47.1 Å². The molecule has 18 heteroatoms. The van der Waals surface area contributed by atoms with Crippen LogP contribution in [0, 0.1) is 33.8 Å². The number of fused-ring (bicyclic) bond motifs is 4. The number of aromatic hydroxyl groups is 1. The number of phenolic OH excluding ortho intramolecular Hbond substituents is 1. The van der Waals surface area contributed by atoms with Crippen LogP contribution in [-0.4, -0.2) is 50.3 Å². The molecule has 0 spiro atoms. The quantitative estimate of drug-likeness (QED) is 0.0779. The van der Waals surface area contributed by atoms with Crippen LogP contribution in [0.25, 0.3) is 0 Å². The lowest BCUT2D eigenvalue weighted by atomic mass is 9.49. The Labute approximate surface area is 337 Å². The molecule has 8 rings (SSSR count). The summed E-state index contributed by atoms with van der Waals surface area (Å²) in [6.45, 7) is 1.87. The van der Waals surface area contributed by atoms with E-state index in [2.05, 4.69) is 10.4 Å². The van der Waals surface area contributed by atoms with Crippen molar-refractivity contribution >= 4 is 64.0 Å². The van der Waals surface area contributed by atoms with Crippen molar-refractivity contribution in [1.29, 1.82) is 0 Å². The first kappa shape index (κ1) is 38.9. The number of anilines is 2. The number of amides is 4. The summed E-state index contributed by atoms with van der Waals surface area (Å²) in [5, 5.41) is 23.7. The van der Waals surface area contributed by atoms with Crippen molar-refractivity contribution in [3.05, 3.63) is 127 Å². The van der Waals surface area contributed by atoms with Crippen molar-refractivity contribution in [2.24, 2.45) is 23.7 Å². The first-order valence-electron chi connectivity index (χ1n) is 18.0. The molecule has 6 unspecified atom stereocenters. The molecule has 2 aliphatic carbocycles. The molecule has 3 fully saturated rings. The standard InChI is InChI=1S/C40H30Cl2F3N5O8/c1-2-58-30-5-3-4-26(33(30)51)32-24-14-15-25-31(37(54)48(35(25)52)22-10-12-23(13-11-22)50(56)57)27(24)17-28-36(53)49(38(55)39(28,32)19-6-8-21(41)9-7-19)47-34-29(42)16-20(18-46-34)40(43,44)45/h3-14,16,18,25,27-28,31-32,51H,2,15,17H2,1H3,(H,46,47). The zero-order valence-corrected chi connectivity index (χ0v) is 31.6. The Balaban J connectivity index is 1.31. The van der Waals surface area contributed by atoms with Crippen LogP contribution in [0.2, 0.25) is 10.0 Å². The molecule has 3 aromatic carbocycles. The lowest BCUT2D eigenvalue weighted by molar-refractivity contribution is -0.384. The molecule has 4 aliphatic rings. The van der Waals surface area contributed by atoms with E-state index < -0.39 is 86.1 Å². The van der Waals surface area contributed by atoms with Crippen LogP contribution in [0.15, 0.2) is 90.6 Å². The average molecular weight is 837 g/mol. The van der Waals surface area contributed by atoms with Crippen LogP contribution >= 0.6 is 23.2 Å². The number of nitrogens with zero attached hydrogens (tertiary/aromatic N) is 4. The molecule has 0 radical (unpaired) electrons. The van der Waals surface area contributed by atoms with Gasteiger partial charge in [0.15, 0.2) is 17.3 Å². The van der Waals surface area contributed by atoms with Crippen molar-refractivity contribution in [2.45, 2.75) is 37.3 Å². The fraction of sp³-hybridized carbons (Fsp3) is 0.275. The molecule has 1 aromatic heterocycles. The zero-order valence-electron chi connectivity index (χ0n) is 30.1. The number of hydrazine groups is 1. The molecule has 58 heavy (non-hydrogen) atoms. The molecule has 298 valence electrons. The zero-order chi connectivity index (χ0) is 41.4. The van der Waals surface area contributed by atoms with E-state index in [0.29, 0.717) is 33.4 Å². The molecule has 2 saturated heterocycles. The summed E-state index contributed by atoms with van der Waals surface area (Å²) >= 11 is 12.6. The minimum Gasteiger partial charge on any atom is -0.504 e. The highest BCUT2D eigenvalue weighted by atomic mass is 35.5. The van der Waals surface area contributed by atoms with Crippen LogP contribution in [0.4, 0.5) is 30.4 Å². The Morgan fingerprint density at radius 2 is 1.71 bits per heavy atom. The predicted molar refractivity (Wildman–Crippen MR) is 202 cm³/mol. The SMILES string of the molecule is CCOc1cccc(C2C3=CCC4C(=O)N(c5ccc([N+](=O)[O-])cc5)C(=O)C4C3CC3C(=O)N(Nc4ncc(C(F)(F)F)cc4Cl)C(=O)C32c2ccc(Cl)cc2)c1O. The van der Waals surface area contributed by atoms with Gasteiger partial charge in [-0.15, -0.1) is 0 Å². The number of hydrogen-bond donors (Lipinski definition) is 2. The van der Waals surface area contributed by atoms with Gasteiger partial charge in [0.2, 0.25) is 11.8 Å². The van der Waals surface area contributed by atoms with Gasteiger partial charge in [-0.2, -0.15) is 18.2 Å². The van der Waals surface area contributed by atoms with Crippen LogP contribution in [0.1, 0.15) is 42.4 Å². The molecule has 3 heterocycles. The minimum absolute atomic E-state index is 0.0313. The lowest BCUT2D eigenvalue weighted by Crippen LogP contribution is -2.53. The smallest absolute Gasteiger partial charge is 0.417 e. The second-order valence-corrected chi connectivity index (χ2v) is 15.2. The first-order valence-corrected chi connectivity index (χ1v) is 18.8. The summed E-state index contributed by atoms with van der Waals surface area (Å²) < 4.78 is 46.3. The number of phenols is 1. The normalized spacial score (nSPS) is 25.3. The van der Waals surface area contributed by atoms with Crippen molar-refractivity contribution in [3.8, 4) is 11.5 Å². The number of benzene rings is 3. The molecule has 1 saturated carbocycles. The summed E-state index contributed by atoms with van der Waals surface area (Å²) in [7, 11) is 0. The molecule has 2 aliphatic heterocycles. The largest absolute Gasteiger partial charge is 0.504 e. The van der Waals surface area contributed by atoms with Crippen LogP contribution in [-0.2, 0) is 30.8 Å². The molecule has 13 nitrogen and oxygen atoms in total. The number of pyridine rings is 1. The topological polar surface area (TPSA) is 172 Å². The number of allylic oxidation sites excluding steroid dienone is 2. The maximum atomic E-state index is 15.4. The highest BCUT2D eigenvalue weighted by molar-refractivity contribution is 6.33. The van der Waals surface area contributed by atoms with Crippen LogP contribution < -0.4 is 15.1 Å². The monoisotopic (exact) mass is 835 g/mol. The van der Waals surface area contributed by atoms with Crippen molar-refractivity contribution in [1.82, 2.24) is 9.99 Å². The van der Waals surface area contributed by atoms with Gasteiger partial charge in [-0.3, -0.25) is 39.6 Å². The third-order valence-electron chi connectivity index (χ3n) is 11.5. The Hall–Kier alpha value is -6.00. The van der Waals surface area contributed by atoms with E-state index >= 15 is 4.79 Å². The number of aromatic nitrogens is 1. The number of halogens is 5. The number of ether oxygens (including phenoxy) is 1. The van der Waals surface area contributed by atoms with E-state index in [-0.39, 0.29) is 47.9 Å². The average Bonchev–Trinajstić information content (AvgIpc) is 3.57. The third-order valence-corrected chi connectivity index (χ3v) is 12.1. The van der Waals surface area contributed by atoms with Gasteiger partial charge in [0.25, 0.3) is 17.5 Å². The lowest BCUT2D eigenvalue weighted by Gasteiger charge is -2.50. The predicted octanol–water partition coefficient (Wildman–Crippen LogP) is 7.61. The Morgan fingerprint density at radius 1 is 1.00 bits per heavy atom. The van der Waals surface area contributed by atoms with Gasteiger partial charge in [0.05, 0.1) is 51.0 Å². The molecule has 0 bridgehead atoms. The second-order valence-electron chi connectivity index (χ2n) is 14.3. The fourth-order valence-corrected chi connectivity index (χ4v) is 9.48. The Morgan fingerprint density at radius 3 is 2.34 bits per heavy atom. The van der Waals surface area contributed by atoms with Gasteiger partial charge >= 0.3 is 6.18 Å². The van der Waals surface area contributed by atoms with Gasteiger partial charge in [-0.1, -0.05) is 59.1 Å². The number of hydrogen-bond acceptors (Lipinski definition) is 10. The molecular formula is C40H30Cl2F3N5O8. The number of nitro groups is 1.